The lowest BCUT2D eigenvalue weighted by atomic mass is 10.00. The zero-order valence-corrected chi connectivity index (χ0v) is 8.64. The Hall–Kier alpha value is -1.68. The van der Waals surface area contributed by atoms with Gasteiger partial charge in [-0.3, -0.25) is 10.1 Å². The number of nitrogens with zero attached hydrogens (tertiary/aromatic N) is 1. The van der Waals surface area contributed by atoms with E-state index < -0.39 is 4.92 Å². The lowest BCUT2D eigenvalue weighted by Crippen LogP contribution is -2.12. The molecule has 1 rings (SSSR count). The van der Waals surface area contributed by atoms with Crippen LogP contribution in [0.2, 0.25) is 0 Å². The molecule has 2 N–H and O–H groups in total. The molecule has 0 heterocycles. The molecule has 0 amide bonds. The molecule has 4 heteroatoms. The van der Waals surface area contributed by atoms with E-state index in [1.54, 1.807) is 18.2 Å². The Morgan fingerprint density at radius 3 is 2.73 bits per heavy atom. The second-order valence-electron chi connectivity index (χ2n) is 3.58. The average molecular weight is 206 g/mol. The maximum atomic E-state index is 10.7. The minimum absolute atomic E-state index is 0.0752. The zero-order valence-electron chi connectivity index (χ0n) is 8.64. The first-order valence-electron chi connectivity index (χ1n) is 4.65. The first-order chi connectivity index (χ1) is 7.02. The topological polar surface area (TPSA) is 69.2 Å². The Kier molecular flexibility index (Phi) is 3.57. The molecule has 4 nitrogen and oxygen atoms in total. The van der Waals surface area contributed by atoms with Gasteiger partial charge in [-0.25, -0.2) is 0 Å². The standard InChI is InChI=1S/C11H14N2O2/c1-8(2)7-10(12)9-5-3-4-6-11(9)13(14)15/h3-6,10H,1,7,12H2,2H3/t10-/m0/s1. The van der Waals surface area contributed by atoms with Crippen molar-refractivity contribution in [2.45, 2.75) is 19.4 Å². The molecule has 1 aromatic carbocycles. The molecule has 0 aliphatic heterocycles. The minimum atomic E-state index is -0.409. The minimum Gasteiger partial charge on any atom is -0.323 e. The fourth-order valence-corrected chi connectivity index (χ4v) is 1.45. The van der Waals surface area contributed by atoms with Gasteiger partial charge in [0.05, 0.1) is 4.92 Å². The lowest BCUT2D eigenvalue weighted by molar-refractivity contribution is -0.385. The molecule has 1 atom stereocenters. The van der Waals surface area contributed by atoms with Crippen LogP contribution in [-0.2, 0) is 0 Å². The van der Waals surface area contributed by atoms with Crippen LogP contribution in [0.3, 0.4) is 0 Å². The van der Waals surface area contributed by atoms with Crippen LogP contribution in [0.15, 0.2) is 36.4 Å². The SMILES string of the molecule is C=C(C)C[C@H](N)c1ccccc1[N+](=O)[O-]. The number of nitro benzene ring substituents is 1. The fraction of sp³-hybridized carbons (Fsp3) is 0.273. The Morgan fingerprint density at radius 2 is 2.20 bits per heavy atom. The van der Waals surface area contributed by atoms with Gasteiger partial charge in [0.15, 0.2) is 0 Å². The van der Waals surface area contributed by atoms with Gasteiger partial charge in [0.25, 0.3) is 5.69 Å². The molecule has 0 spiro atoms. The van der Waals surface area contributed by atoms with E-state index >= 15 is 0 Å². The van der Waals surface area contributed by atoms with Crippen LogP contribution in [0.5, 0.6) is 0 Å². The summed E-state index contributed by atoms with van der Waals surface area (Å²) in [6.07, 6.45) is 0.560. The van der Waals surface area contributed by atoms with Crippen molar-refractivity contribution in [1.82, 2.24) is 0 Å². The van der Waals surface area contributed by atoms with E-state index in [-0.39, 0.29) is 11.7 Å². The van der Waals surface area contributed by atoms with Gasteiger partial charge >= 0.3 is 0 Å². The number of para-hydroxylation sites is 1. The first kappa shape index (κ1) is 11.4. The van der Waals surface area contributed by atoms with Crippen LogP contribution >= 0.6 is 0 Å². The molecule has 0 fully saturated rings. The monoisotopic (exact) mass is 206 g/mol. The lowest BCUT2D eigenvalue weighted by Gasteiger charge is -2.11. The van der Waals surface area contributed by atoms with Crippen molar-refractivity contribution in [2.75, 3.05) is 0 Å². The summed E-state index contributed by atoms with van der Waals surface area (Å²) < 4.78 is 0. The van der Waals surface area contributed by atoms with E-state index in [0.717, 1.165) is 5.57 Å². The van der Waals surface area contributed by atoms with E-state index in [0.29, 0.717) is 12.0 Å². The van der Waals surface area contributed by atoms with Gasteiger partial charge in [-0.05, 0) is 13.3 Å². The van der Waals surface area contributed by atoms with Crippen LogP contribution in [-0.4, -0.2) is 4.92 Å². The van der Waals surface area contributed by atoms with Crippen molar-refractivity contribution in [3.8, 4) is 0 Å². The number of nitrogens with two attached hydrogens (primary N) is 1. The van der Waals surface area contributed by atoms with Gasteiger partial charge in [0.2, 0.25) is 0 Å². The summed E-state index contributed by atoms with van der Waals surface area (Å²) in [4.78, 5) is 10.3. The number of hydrogen-bond donors (Lipinski definition) is 1. The van der Waals surface area contributed by atoms with E-state index in [2.05, 4.69) is 6.58 Å². The molecule has 1 aromatic rings. The molecule has 0 aliphatic carbocycles. The highest BCUT2D eigenvalue weighted by molar-refractivity contribution is 5.42. The summed E-state index contributed by atoms with van der Waals surface area (Å²) in [6.45, 7) is 5.60. The molecule has 0 aromatic heterocycles. The third kappa shape index (κ3) is 2.89. The molecular weight excluding hydrogens is 192 g/mol. The summed E-state index contributed by atoms with van der Waals surface area (Å²) in [5.74, 6) is 0. The molecule has 0 bridgehead atoms. The molecular formula is C11H14N2O2. The zero-order chi connectivity index (χ0) is 11.4. The number of benzene rings is 1. The molecule has 0 saturated heterocycles. The van der Waals surface area contributed by atoms with E-state index in [9.17, 15) is 10.1 Å². The van der Waals surface area contributed by atoms with Crippen molar-refractivity contribution in [3.05, 3.63) is 52.1 Å². The molecule has 0 unspecified atom stereocenters. The largest absolute Gasteiger partial charge is 0.323 e. The van der Waals surface area contributed by atoms with Crippen LogP contribution in [0.1, 0.15) is 24.9 Å². The predicted octanol–water partition coefficient (Wildman–Crippen LogP) is 2.56. The first-order valence-corrected chi connectivity index (χ1v) is 4.65. The smallest absolute Gasteiger partial charge is 0.274 e. The van der Waals surface area contributed by atoms with Crippen molar-refractivity contribution in [3.63, 3.8) is 0 Å². The fourth-order valence-electron chi connectivity index (χ4n) is 1.45. The maximum absolute atomic E-state index is 10.7. The van der Waals surface area contributed by atoms with Crippen LogP contribution in [0.25, 0.3) is 0 Å². The van der Waals surface area contributed by atoms with Crippen molar-refractivity contribution < 1.29 is 4.92 Å². The average Bonchev–Trinajstić information content (AvgIpc) is 2.16. The number of nitro groups is 1. The molecule has 0 radical (unpaired) electrons. The van der Waals surface area contributed by atoms with Gasteiger partial charge < -0.3 is 5.73 Å². The van der Waals surface area contributed by atoms with Gasteiger partial charge in [-0.1, -0.05) is 23.8 Å². The van der Waals surface area contributed by atoms with Crippen LogP contribution < -0.4 is 5.73 Å². The van der Waals surface area contributed by atoms with Gasteiger partial charge in [0, 0.05) is 17.7 Å². The van der Waals surface area contributed by atoms with E-state index in [1.165, 1.54) is 6.07 Å². The predicted molar refractivity (Wildman–Crippen MR) is 59.5 cm³/mol. The summed E-state index contributed by atoms with van der Waals surface area (Å²) >= 11 is 0. The second-order valence-corrected chi connectivity index (χ2v) is 3.58. The normalized spacial score (nSPS) is 12.1. The number of hydrogen-bond acceptors (Lipinski definition) is 3. The van der Waals surface area contributed by atoms with E-state index in [4.69, 9.17) is 5.73 Å². The Bertz CT molecular complexity index is 388. The highest BCUT2D eigenvalue weighted by Gasteiger charge is 2.17. The Balaban J connectivity index is 3.02. The second kappa shape index (κ2) is 4.70. The van der Waals surface area contributed by atoms with Crippen molar-refractivity contribution in [2.24, 2.45) is 5.73 Å². The summed E-state index contributed by atoms with van der Waals surface area (Å²) in [5.41, 5.74) is 7.42. The maximum Gasteiger partial charge on any atom is 0.274 e. The Morgan fingerprint density at radius 1 is 1.60 bits per heavy atom. The van der Waals surface area contributed by atoms with E-state index in [1.807, 2.05) is 6.92 Å². The third-order valence-corrected chi connectivity index (χ3v) is 2.10. The summed E-state index contributed by atoms with van der Waals surface area (Å²) in [7, 11) is 0. The Labute approximate surface area is 88.6 Å². The van der Waals surface area contributed by atoms with Crippen LogP contribution in [0, 0.1) is 10.1 Å². The van der Waals surface area contributed by atoms with Gasteiger partial charge in [-0.15, -0.1) is 6.58 Å². The molecule has 0 saturated carbocycles. The van der Waals surface area contributed by atoms with Gasteiger partial charge in [-0.2, -0.15) is 0 Å². The highest BCUT2D eigenvalue weighted by Crippen LogP contribution is 2.26. The molecule has 15 heavy (non-hydrogen) atoms. The summed E-state index contributed by atoms with van der Waals surface area (Å²) in [5, 5.41) is 10.7. The quantitative estimate of drug-likeness (QED) is 0.467. The third-order valence-electron chi connectivity index (χ3n) is 2.10. The van der Waals surface area contributed by atoms with Crippen molar-refractivity contribution in [1.29, 1.82) is 0 Å². The highest BCUT2D eigenvalue weighted by atomic mass is 16.6. The van der Waals surface area contributed by atoms with Crippen LogP contribution in [0.4, 0.5) is 5.69 Å². The molecule has 0 aliphatic rings. The van der Waals surface area contributed by atoms with Gasteiger partial charge in [0.1, 0.15) is 0 Å². The number of rotatable bonds is 4. The van der Waals surface area contributed by atoms with Crippen molar-refractivity contribution >= 4 is 5.69 Å². The molecule has 80 valence electrons. The summed E-state index contributed by atoms with van der Waals surface area (Å²) in [6, 6.07) is 6.18.